The number of fused-ring (bicyclic) bond motifs is 2. The molecule has 2 aromatic rings. The molecule has 0 unspecified atom stereocenters. The molecule has 5 atom stereocenters. The van der Waals surface area contributed by atoms with Gasteiger partial charge in [0.15, 0.2) is 0 Å². The Bertz CT molecular complexity index is 1770. The van der Waals surface area contributed by atoms with Crippen LogP contribution in [0.5, 0.6) is 0 Å². The number of nitrogens with one attached hydrogen (secondary N) is 3. The average molecular weight is 753 g/mol. The van der Waals surface area contributed by atoms with E-state index in [1.54, 1.807) is 11.3 Å². The maximum Gasteiger partial charge on any atom is 0.408 e. The molecule has 3 heterocycles. The van der Waals surface area contributed by atoms with Gasteiger partial charge in [0.05, 0.1) is 18.0 Å². The quantitative estimate of drug-likeness (QED) is 0.304. The molecule has 0 radical (unpaired) electrons. The number of thiophene rings is 1. The van der Waals surface area contributed by atoms with E-state index in [0.717, 1.165) is 60.9 Å². The van der Waals surface area contributed by atoms with Crippen LogP contribution in [0.2, 0.25) is 0 Å². The second-order valence-electron chi connectivity index (χ2n) is 14.9. The van der Waals surface area contributed by atoms with Crippen LogP contribution in [0.4, 0.5) is 4.79 Å². The van der Waals surface area contributed by atoms with Crippen molar-refractivity contribution in [2.75, 3.05) is 6.54 Å². The highest BCUT2D eigenvalue weighted by Gasteiger charge is 2.62. The number of benzene rings is 1. The van der Waals surface area contributed by atoms with Crippen LogP contribution in [0.1, 0.15) is 89.0 Å². The first-order chi connectivity index (χ1) is 25.1. The zero-order chi connectivity index (χ0) is 36.3. The lowest BCUT2D eigenvalue weighted by atomic mass is 10.0. The Hall–Kier alpha value is -3.75. The van der Waals surface area contributed by atoms with Gasteiger partial charge in [-0.1, -0.05) is 49.3 Å². The Morgan fingerprint density at radius 1 is 0.981 bits per heavy atom. The molecule has 280 valence electrons. The summed E-state index contributed by atoms with van der Waals surface area (Å²) < 4.78 is 39.8. The van der Waals surface area contributed by atoms with Gasteiger partial charge in [0.1, 0.15) is 23.7 Å². The van der Waals surface area contributed by atoms with Crippen LogP contribution in [0.15, 0.2) is 53.9 Å². The molecule has 5 aliphatic rings. The van der Waals surface area contributed by atoms with Gasteiger partial charge in [0.2, 0.25) is 21.8 Å². The van der Waals surface area contributed by atoms with Crippen molar-refractivity contribution in [3.8, 4) is 10.4 Å². The van der Waals surface area contributed by atoms with Crippen LogP contribution in [0.25, 0.3) is 10.4 Å². The molecule has 3 N–H and O–H groups in total. The van der Waals surface area contributed by atoms with Crippen molar-refractivity contribution >= 4 is 45.2 Å². The van der Waals surface area contributed by atoms with Crippen molar-refractivity contribution in [3.63, 3.8) is 0 Å². The monoisotopic (exact) mass is 752 g/mol. The molecule has 2 aliphatic heterocycles. The fraction of sp³-hybridized carbons (Fsp3) is 0.579. The lowest BCUT2D eigenvalue weighted by molar-refractivity contribution is -0.141. The molecule has 7 rings (SSSR count). The summed E-state index contributed by atoms with van der Waals surface area (Å²) in [6.45, 7) is 0.365. The number of allylic oxidation sites excluding steroid dienone is 1. The molecule has 3 saturated carbocycles. The summed E-state index contributed by atoms with van der Waals surface area (Å²) in [6.07, 6.45) is 10.9. The summed E-state index contributed by atoms with van der Waals surface area (Å²) in [4.78, 5) is 58.0. The van der Waals surface area contributed by atoms with Gasteiger partial charge >= 0.3 is 6.09 Å². The lowest BCUT2D eigenvalue weighted by Crippen LogP contribution is -2.58. The summed E-state index contributed by atoms with van der Waals surface area (Å²) >= 11 is 1.65. The normalized spacial score (nSPS) is 29.2. The lowest BCUT2D eigenvalue weighted by Gasteiger charge is -2.30. The van der Waals surface area contributed by atoms with Gasteiger partial charge in [-0.25, -0.2) is 13.2 Å². The first kappa shape index (κ1) is 36.6. The van der Waals surface area contributed by atoms with Crippen molar-refractivity contribution in [1.29, 1.82) is 0 Å². The number of sulfonamides is 1. The average Bonchev–Trinajstić information content (AvgIpc) is 3.85. The summed E-state index contributed by atoms with van der Waals surface area (Å²) in [5.41, 5.74) is 0.567. The Morgan fingerprint density at radius 2 is 1.79 bits per heavy atom. The number of rotatable bonds is 9. The maximum absolute atomic E-state index is 14.4. The minimum Gasteiger partial charge on any atom is -0.446 e. The highest BCUT2D eigenvalue weighted by molar-refractivity contribution is 7.91. The van der Waals surface area contributed by atoms with E-state index in [1.807, 2.05) is 41.8 Å². The standard InChI is InChI=1S/C38H48N4O8S2/c43-34-32-21-29(49-24-25-10-8-11-26(20-25)33-16-9-19-51-33)23-42(32)35(44)31(39-37(46)50-28-13-6-7-14-28)15-5-3-1-2-4-12-27-22-38(27,40-34)36(45)41-52(47,48)30-17-18-30/h4,8-12,16,19-20,27-32H,1-3,5-7,13-15,17-18,21-24H2,(H,39,46)(H,40,43)(H,41,45)/b12-4-/t27-,29-,31+,32+,38-/m1/s1. The predicted molar refractivity (Wildman–Crippen MR) is 195 cm³/mol. The molecule has 14 heteroatoms. The van der Waals surface area contributed by atoms with Gasteiger partial charge in [-0.15, -0.1) is 11.3 Å². The summed E-state index contributed by atoms with van der Waals surface area (Å²) in [7, 11) is -3.86. The van der Waals surface area contributed by atoms with E-state index in [1.165, 1.54) is 4.90 Å². The minimum atomic E-state index is -3.86. The highest BCUT2D eigenvalue weighted by Crippen LogP contribution is 2.46. The van der Waals surface area contributed by atoms with Crippen LogP contribution < -0.4 is 15.4 Å². The summed E-state index contributed by atoms with van der Waals surface area (Å²) in [6, 6.07) is 10.2. The molecule has 1 aromatic carbocycles. The third kappa shape index (κ3) is 8.55. The fourth-order valence-electron chi connectivity index (χ4n) is 7.69. The highest BCUT2D eigenvalue weighted by atomic mass is 32.2. The predicted octanol–water partition coefficient (Wildman–Crippen LogP) is 4.94. The second-order valence-corrected chi connectivity index (χ2v) is 17.8. The molecule has 0 spiro atoms. The third-order valence-corrected chi connectivity index (χ3v) is 13.7. The van der Waals surface area contributed by atoms with E-state index in [9.17, 15) is 27.6 Å². The molecule has 1 saturated heterocycles. The second kappa shape index (κ2) is 15.7. The van der Waals surface area contributed by atoms with E-state index in [4.69, 9.17) is 9.47 Å². The molecule has 12 nitrogen and oxygen atoms in total. The zero-order valence-electron chi connectivity index (χ0n) is 29.3. The molecular weight excluding hydrogens is 705 g/mol. The third-order valence-electron chi connectivity index (χ3n) is 10.9. The van der Waals surface area contributed by atoms with E-state index >= 15 is 0 Å². The number of hydrogen-bond acceptors (Lipinski definition) is 9. The van der Waals surface area contributed by atoms with Crippen molar-refractivity contribution in [2.45, 2.75) is 125 Å². The Labute approximate surface area is 309 Å². The largest absolute Gasteiger partial charge is 0.446 e. The topological polar surface area (TPSA) is 160 Å². The maximum atomic E-state index is 14.4. The number of hydrogen-bond donors (Lipinski definition) is 3. The van der Waals surface area contributed by atoms with Gasteiger partial charge in [-0.3, -0.25) is 19.1 Å². The van der Waals surface area contributed by atoms with Crippen LogP contribution >= 0.6 is 11.3 Å². The van der Waals surface area contributed by atoms with Gasteiger partial charge in [-0.05, 0) is 92.8 Å². The van der Waals surface area contributed by atoms with Crippen LogP contribution in [0, 0.1) is 5.92 Å². The molecule has 4 amide bonds. The molecule has 1 aromatic heterocycles. The smallest absolute Gasteiger partial charge is 0.408 e. The SMILES string of the molecule is O=C(N[C@H]1CCCCC/C=C\[C@@H]2C[C@@]2(C(=O)NS(=O)(=O)C2CC2)NC(=O)[C@@H]2C[C@@H](OCc3cccc(-c4cccs4)c3)CN2C1=O)OC1CCCC1. The van der Waals surface area contributed by atoms with Gasteiger partial charge in [0, 0.05) is 23.8 Å². The van der Waals surface area contributed by atoms with Crippen molar-refractivity contribution in [3.05, 3.63) is 59.5 Å². The number of ether oxygens (including phenoxy) is 2. The molecule has 4 fully saturated rings. The number of nitrogens with zero attached hydrogens (tertiary/aromatic N) is 1. The van der Waals surface area contributed by atoms with E-state index in [-0.39, 0.29) is 38.0 Å². The number of amides is 4. The first-order valence-electron chi connectivity index (χ1n) is 18.7. The summed E-state index contributed by atoms with van der Waals surface area (Å²) in [5.74, 6) is -2.11. The molecule has 0 bridgehead atoms. The van der Waals surface area contributed by atoms with E-state index in [2.05, 4.69) is 27.5 Å². The van der Waals surface area contributed by atoms with Crippen LogP contribution in [0.3, 0.4) is 0 Å². The summed E-state index contributed by atoms with van der Waals surface area (Å²) in [5, 5.41) is 7.15. The van der Waals surface area contributed by atoms with Gasteiger partial charge in [0.25, 0.3) is 5.91 Å². The molecule has 52 heavy (non-hydrogen) atoms. The van der Waals surface area contributed by atoms with Crippen molar-refractivity contribution in [2.24, 2.45) is 5.92 Å². The molecular formula is C38H48N4O8S2. The van der Waals surface area contributed by atoms with Gasteiger partial charge < -0.3 is 25.0 Å². The van der Waals surface area contributed by atoms with E-state index < -0.39 is 62.8 Å². The number of alkyl carbamates (subject to hydrolysis) is 1. The molecule has 3 aliphatic carbocycles. The number of carbonyl (C=O) groups excluding carboxylic acids is 4. The Balaban J connectivity index is 1.12. The zero-order valence-corrected chi connectivity index (χ0v) is 30.9. The number of carbonyl (C=O) groups is 4. The van der Waals surface area contributed by atoms with Crippen LogP contribution in [-0.2, 0) is 40.5 Å². The Morgan fingerprint density at radius 3 is 2.56 bits per heavy atom. The van der Waals surface area contributed by atoms with Crippen LogP contribution in [-0.4, -0.2) is 78.8 Å². The van der Waals surface area contributed by atoms with Gasteiger partial charge in [-0.2, -0.15) is 0 Å². The fourth-order valence-corrected chi connectivity index (χ4v) is 9.78. The minimum absolute atomic E-state index is 0.107. The van der Waals surface area contributed by atoms with E-state index in [0.29, 0.717) is 25.7 Å². The Kier molecular flexibility index (Phi) is 11.0. The van der Waals surface area contributed by atoms with Crippen molar-refractivity contribution in [1.82, 2.24) is 20.3 Å². The van der Waals surface area contributed by atoms with Crippen molar-refractivity contribution < 1.29 is 37.1 Å². The first-order valence-corrected chi connectivity index (χ1v) is 21.1.